The van der Waals surface area contributed by atoms with Gasteiger partial charge < -0.3 is 29.5 Å². The average molecular weight is 361 g/mol. The molecule has 3 rings (SSSR count). The minimum atomic E-state index is 0.228. The molecule has 1 unspecified atom stereocenters. The molecule has 0 amide bonds. The molecule has 7 nitrogen and oxygen atoms in total. The average Bonchev–Trinajstić information content (AvgIpc) is 2.69. The number of guanidine groups is 1. The molecule has 0 bridgehead atoms. The predicted molar refractivity (Wildman–Crippen MR) is 105 cm³/mol. The summed E-state index contributed by atoms with van der Waals surface area (Å²) in [6, 6.07) is 8.28. The molecule has 2 heterocycles. The first-order chi connectivity index (χ1) is 12.7. The fraction of sp³-hybridized carbons (Fsp3) is 0.632. The van der Waals surface area contributed by atoms with Gasteiger partial charge in [0.05, 0.1) is 19.8 Å². The summed E-state index contributed by atoms with van der Waals surface area (Å²) in [6.07, 6.45) is 0.228. The fourth-order valence-corrected chi connectivity index (χ4v) is 3.50. The van der Waals surface area contributed by atoms with Crippen molar-refractivity contribution >= 4 is 11.6 Å². The maximum Gasteiger partial charge on any atom is 0.193 e. The second-order valence-corrected chi connectivity index (χ2v) is 6.86. The number of ether oxygens (including phenoxy) is 2. The van der Waals surface area contributed by atoms with Gasteiger partial charge in [-0.3, -0.25) is 4.99 Å². The molecule has 0 saturated carbocycles. The van der Waals surface area contributed by atoms with E-state index >= 15 is 0 Å². The van der Waals surface area contributed by atoms with Crippen LogP contribution in [0.15, 0.2) is 29.3 Å². The monoisotopic (exact) mass is 361 g/mol. The second-order valence-electron chi connectivity index (χ2n) is 6.86. The zero-order valence-electron chi connectivity index (χ0n) is 16.1. The van der Waals surface area contributed by atoms with Gasteiger partial charge in [0.25, 0.3) is 0 Å². The topological polar surface area (TPSA) is 52.6 Å². The zero-order chi connectivity index (χ0) is 18.4. The molecule has 0 aliphatic carbocycles. The molecule has 1 aromatic rings. The fourth-order valence-electron chi connectivity index (χ4n) is 3.50. The number of methoxy groups -OCH3 is 1. The van der Waals surface area contributed by atoms with E-state index in [1.165, 1.54) is 5.69 Å². The van der Waals surface area contributed by atoms with E-state index in [9.17, 15) is 0 Å². The summed E-state index contributed by atoms with van der Waals surface area (Å²) in [5.41, 5.74) is 1.24. The van der Waals surface area contributed by atoms with Gasteiger partial charge in [-0.2, -0.15) is 0 Å². The highest BCUT2D eigenvalue weighted by molar-refractivity contribution is 5.80. The lowest BCUT2D eigenvalue weighted by atomic mass is 10.2. The molecular weight excluding hydrogens is 330 g/mol. The number of aliphatic imine (C=N–C) groups is 1. The van der Waals surface area contributed by atoms with Gasteiger partial charge in [0.2, 0.25) is 0 Å². The molecule has 0 aromatic heterocycles. The molecule has 144 valence electrons. The summed E-state index contributed by atoms with van der Waals surface area (Å²) in [4.78, 5) is 11.5. The Morgan fingerprint density at radius 2 is 1.92 bits per heavy atom. The van der Waals surface area contributed by atoms with Crippen molar-refractivity contribution in [2.24, 2.45) is 4.99 Å². The minimum Gasteiger partial charge on any atom is -0.497 e. The van der Waals surface area contributed by atoms with Gasteiger partial charge in [-0.1, -0.05) is 0 Å². The number of morpholine rings is 1. The van der Waals surface area contributed by atoms with Crippen LogP contribution >= 0.6 is 0 Å². The lowest BCUT2D eigenvalue weighted by molar-refractivity contribution is -0.0163. The molecule has 7 heteroatoms. The molecule has 0 spiro atoms. The summed E-state index contributed by atoms with van der Waals surface area (Å²) >= 11 is 0. The van der Waals surface area contributed by atoms with Gasteiger partial charge in [-0.05, 0) is 31.3 Å². The van der Waals surface area contributed by atoms with Crippen LogP contribution in [0.2, 0.25) is 0 Å². The van der Waals surface area contributed by atoms with Crippen molar-refractivity contribution in [2.45, 2.75) is 6.10 Å². The zero-order valence-corrected chi connectivity index (χ0v) is 16.1. The summed E-state index contributed by atoms with van der Waals surface area (Å²) in [6.45, 7) is 7.46. The molecule has 2 aliphatic heterocycles. The van der Waals surface area contributed by atoms with Gasteiger partial charge in [-0.25, -0.2) is 0 Å². The standard InChI is InChI=1S/C19H31N5O2/c1-20-19(21-14-18-15-22(2)12-13-26-18)24-10-8-23(9-11-24)16-4-6-17(25-3)7-5-16/h4-7,18H,8-15H2,1-3H3,(H,20,21). The molecule has 1 N–H and O–H groups in total. The lowest BCUT2D eigenvalue weighted by Crippen LogP contribution is -2.54. The first-order valence-electron chi connectivity index (χ1n) is 9.34. The van der Waals surface area contributed by atoms with Crippen LogP contribution in [0, 0.1) is 0 Å². The van der Waals surface area contributed by atoms with Crippen molar-refractivity contribution in [3.8, 4) is 5.75 Å². The van der Waals surface area contributed by atoms with E-state index in [1.54, 1.807) is 7.11 Å². The quantitative estimate of drug-likeness (QED) is 0.630. The Kier molecular flexibility index (Phi) is 6.57. The number of nitrogens with one attached hydrogen (secondary N) is 1. The van der Waals surface area contributed by atoms with Gasteiger partial charge in [-0.15, -0.1) is 0 Å². The van der Waals surface area contributed by atoms with Gasteiger partial charge in [0, 0.05) is 58.5 Å². The Bertz CT molecular complexity index is 584. The van der Waals surface area contributed by atoms with Crippen LogP contribution in [-0.4, -0.2) is 95.5 Å². The third-order valence-electron chi connectivity index (χ3n) is 5.06. The predicted octanol–water partition coefficient (Wildman–Crippen LogP) is 0.723. The third-order valence-corrected chi connectivity index (χ3v) is 5.06. The van der Waals surface area contributed by atoms with Crippen LogP contribution in [0.5, 0.6) is 5.75 Å². The van der Waals surface area contributed by atoms with E-state index in [0.29, 0.717) is 0 Å². The normalized spacial score (nSPS) is 22.4. The highest BCUT2D eigenvalue weighted by Crippen LogP contribution is 2.20. The number of hydrogen-bond donors (Lipinski definition) is 1. The summed E-state index contributed by atoms with van der Waals surface area (Å²) in [5.74, 6) is 1.86. The van der Waals surface area contributed by atoms with Crippen LogP contribution in [0.4, 0.5) is 5.69 Å². The van der Waals surface area contributed by atoms with E-state index in [-0.39, 0.29) is 6.10 Å². The van der Waals surface area contributed by atoms with E-state index in [4.69, 9.17) is 9.47 Å². The number of rotatable bonds is 4. The second kappa shape index (κ2) is 9.09. The Hall–Kier alpha value is -1.99. The lowest BCUT2D eigenvalue weighted by Gasteiger charge is -2.38. The molecule has 2 fully saturated rings. The van der Waals surface area contributed by atoms with Crippen molar-refractivity contribution in [1.82, 2.24) is 15.1 Å². The number of piperazine rings is 1. The van der Waals surface area contributed by atoms with Crippen molar-refractivity contribution in [2.75, 3.05) is 78.5 Å². The van der Waals surface area contributed by atoms with E-state index < -0.39 is 0 Å². The summed E-state index contributed by atoms with van der Waals surface area (Å²) in [5, 5.41) is 3.49. The molecule has 1 atom stereocenters. The van der Waals surface area contributed by atoms with Crippen LogP contribution in [0.3, 0.4) is 0 Å². The molecule has 26 heavy (non-hydrogen) atoms. The van der Waals surface area contributed by atoms with Crippen LogP contribution in [0.25, 0.3) is 0 Å². The highest BCUT2D eigenvalue weighted by Gasteiger charge is 2.22. The van der Waals surface area contributed by atoms with Gasteiger partial charge >= 0.3 is 0 Å². The largest absolute Gasteiger partial charge is 0.497 e. The first kappa shape index (κ1) is 18.8. The molecule has 2 aliphatic rings. The number of likely N-dealkylation sites (N-methyl/N-ethyl adjacent to an activating group) is 1. The van der Waals surface area contributed by atoms with Crippen LogP contribution in [-0.2, 0) is 4.74 Å². The number of anilines is 1. The van der Waals surface area contributed by atoms with Crippen LogP contribution in [0.1, 0.15) is 0 Å². The van der Waals surface area contributed by atoms with Crippen molar-refractivity contribution in [3.63, 3.8) is 0 Å². The Labute approximate surface area is 156 Å². The Morgan fingerprint density at radius 1 is 1.19 bits per heavy atom. The summed E-state index contributed by atoms with van der Waals surface area (Å²) in [7, 11) is 5.69. The first-order valence-corrected chi connectivity index (χ1v) is 9.34. The maximum absolute atomic E-state index is 5.83. The SMILES string of the molecule is CN=C(NCC1CN(C)CCO1)N1CCN(c2ccc(OC)cc2)CC1. The number of benzene rings is 1. The number of hydrogen-bond acceptors (Lipinski definition) is 5. The molecule has 2 saturated heterocycles. The van der Waals surface area contributed by atoms with Gasteiger partial charge in [0.1, 0.15) is 5.75 Å². The molecule has 0 radical (unpaired) electrons. The van der Waals surface area contributed by atoms with Crippen LogP contribution < -0.4 is 15.0 Å². The third kappa shape index (κ3) is 4.80. The minimum absolute atomic E-state index is 0.228. The van der Waals surface area contributed by atoms with E-state index in [2.05, 4.69) is 44.2 Å². The van der Waals surface area contributed by atoms with Crippen molar-refractivity contribution in [1.29, 1.82) is 0 Å². The Balaban J connectivity index is 1.47. The van der Waals surface area contributed by atoms with Crippen molar-refractivity contribution in [3.05, 3.63) is 24.3 Å². The van der Waals surface area contributed by atoms with Gasteiger partial charge in [0.15, 0.2) is 5.96 Å². The highest BCUT2D eigenvalue weighted by atomic mass is 16.5. The van der Waals surface area contributed by atoms with E-state index in [0.717, 1.165) is 64.1 Å². The van der Waals surface area contributed by atoms with E-state index in [1.807, 2.05) is 19.2 Å². The maximum atomic E-state index is 5.83. The Morgan fingerprint density at radius 3 is 2.54 bits per heavy atom. The molecule has 1 aromatic carbocycles. The number of nitrogens with zero attached hydrogens (tertiary/aromatic N) is 4. The van der Waals surface area contributed by atoms with Crippen molar-refractivity contribution < 1.29 is 9.47 Å². The molecular formula is C19H31N5O2. The summed E-state index contributed by atoms with van der Waals surface area (Å²) < 4.78 is 11.1. The smallest absolute Gasteiger partial charge is 0.193 e.